The molecule has 0 aliphatic heterocycles. The molecule has 0 spiro atoms. The van der Waals surface area contributed by atoms with Gasteiger partial charge in [-0.3, -0.25) is 4.79 Å². The van der Waals surface area contributed by atoms with Crippen molar-refractivity contribution in [2.75, 3.05) is 0 Å². The van der Waals surface area contributed by atoms with E-state index in [1.54, 1.807) is 11.5 Å². The Bertz CT molecular complexity index is 1310. The molecule has 0 bridgehead atoms. The SMILES string of the molecule is Cc1nc(/C(O)=C/c2cc(=O)c(N=O)cn2-c2cccc(-c3ccccc3)c2)no1. The smallest absolute Gasteiger partial charge is 0.237 e. The number of aryl methyl sites for hydroxylation is 1. The summed E-state index contributed by atoms with van der Waals surface area (Å²) in [5.74, 6) is -0.00782. The van der Waals surface area contributed by atoms with Crippen molar-refractivity contribution < 1.29 is 9.63 Å². The highest BCUT2D eigenvalue weighted by Gasteiger charge is 2.12. The summed E-state index contributed by atoms with van der Waals surface area (Å²) in [5.41, 5.74) is 2.13. The Hall–Kier alpha value is -4.33. The van der Waals surface area contributed by atoms with Crippen molar-refractivity contribution in [3.8, 4) is 16.8 Å². The summed E-state index contributed by atoms with van der Waals surface area (Å²) in [4.78, 5) is 27.3. The largest absolute Gasteiger partial charge is 0.504 e. The van der Waals surface area contributed by atoms with Gasteiger partial charge in [-0.15, -0.1) is 4.91 Å². The molecule has 0 aliphatic carbocycles. The Morgan fingerprint density at radius 2 is 1.87 bits per heavy atom. The summed E-state index contributed by atoms with van der Waals surface area (Å²) < 4.78 is 6.47. The van der Waals surface area contributed by atoms with Gasteiger partial charge in [0.25, 0.3) is 0 Å². The first-order valence-corrected chi connectivity index (χ1v) is 9.02. The highest BCUT2D eigenvalue weighted by Crippen LogP contribution is 2.24. The van der Waals surface area contributed by atoms with Gasteiger partial charge in [0.05, 0.1) is 5.69 Å². The van der Waals surface area contributed by atoms with Crippen molar-refractivity contribution in [3.63, 3.8) is 0 Å². The van der Waals surface area contributed by atoms with Gasteiger partial charge < -0.3 is 14.2 Å². The molecule has 30 heavy (non-hydrogen) atoms. The van der Waals surface area contributed by atoms with Crippen LogP contribution in [0.25, 0.3) is 28.6 Å². The van der Waals surface area contributed by atoms with Crippen LogP contribution in [0.3, 0.4) is 0 Å². The lowest BCUT2D eigenvalue weighted by Crippen LogP contribution is -2.09. The molecule has 2 heterocycles. The van der Waals surface area contributed by atoms with Crippen LogP contribution in [0.5, 0.6) is 0 Å². The van der Waals surface area contributed by atoms with Gasteiger partial charge in [0.15, 0.2) is 11.4 Å². The third kappa shape index (κ3) is 3.79. The Morgan fingerprint density at radius 3 is 2.57 bits per heavy atom. The van der Waals surface area contributed by atoms with Crippen molar-refractivity contribution >= 4 is 17.5 Å². The molecule has 8 heteroatoms. The van der Waals surface area contributed by atoms with E-state index in [-0.39, 0.29) is 17.3 Å². The van der Waals surface area contributed by atoms with Gasteiger partial charge in [-0.2, -0.15) is 4.98 Å². The minimum atomic E-state index is -0.566. The van der Waals surface area contributed by atoms with Gasteiger partial charge in [0, 0.05) is 31.0 Å². The predicted molar refractivity (Wildman–Crippen MR) is 112 cm³/mol. The molecule has 0 atom stereocenters. The number of aromatic nitrogens is 3. The third-order valence-electron chi connectivity index (χ3n) is 4.43. The van der Waals surface area contributed by atoms with E-state index in [1.807, 2.05) is 54.6 Å². The fourth-order valence-corrected chi connectivity index (χ4v) is 3.02. The van der Waals surface area contributed by atoms with E-state index in [1.165, 1.54) is 18.3 Å². The second-order valence-corrected chi connectivity index (χ2v) is 6.49. The van der Waals surface area contributed by atoms with Crippen molar-refractivity contribution in [1.29, 1.82) is 0 Å². The number of pyridine rings is 1. The fourth-order valence-electron chi connectivity index (χ4n) is 3.02. The minimum Gasteiger partial charge on any atom is -0.504 e. The number of benzene rings is 2. The Labute approximate surface area is 170 Å². The number of nitrogens with zero attached hydrogens (tertiary/aromatic N) is 4. The lowest BCUT2D eigenvalue weighted by Gasteiger charge is -2.13. The summed E-state index contributed by atoms with van der Waals surface area (Å²) >= 11 is 0. The summed E-state index contributed by atoms with van der Waals surface area (Å²) in [5, 5.41) is 16.9. The Kier molecular flexibility index (Phi) is 5.04. The molecule has 1 N–H and O–H groups in total. The molecule has 0 unspecified atom stereocenters. The van der Waals surface area contributed by atoms with Gasteiger partial charge in [0.2, 0.25) is 17.1 Å². The monoisotopic (exact) mass is 400 g/mol. The number of hydrogen-bond donors (Lipinski definition) is 1. The molecular weight excluding hydrogens is 384 g/mol. The van der Waals surface area contributed by atoms with E-state index in [4.69, 9.17) is 4.52 Å². The van der Waals surface area contributed by atoms with E-state index in [2.05, 4.69) is 15.3 Å². The maximum Gasteiger partial charge on any atom is 0.237 e. The van der Waals surface area contributed by atoms with Crippen molar-refractivity contribution in [3.05, 3.63) is 99.4 Å². The molecule has 2 aromatic carbocycles. The molecule has 8 nitrogen and oxygen atoms in total. The van der Waals surface area contributed by atoms with Crippen LogP contribution in [0.1, 0.15) is 17.4 Å². The van der Waals surface area contributed by atoms with Gasteiger partial charge in [-0.25, -0.2) is 0 Å². The molecule has 0 saturated carbocycles. The molecule has 0 saturated heterocycles. The van der Waals surface area contributed by atoms with Gasteiger partial charge in [-0.1, -0.05) is 47.6 Å². The van der Waals surface area contributed by atoms with E-state index in [0.717, 1.165) is 11.1 Å². The first kappa shape index (κ1) is 19.0. The molecule has 0 amide bonds. The average molecular weight is 400 g/mol. The quantitative estimate of drug-likeness (QED) is 0.386. The molecule has 2 aromatic heterocycles. The maximum atomic E-state index is 12.2. The summed E-state index contributed by atoms with van der Waals surface area (Å²) in [7, 11) is 0. The van der Waals surface area contributed by atoms with E-state index < -0.39 is 5.43 Å². The number of rotatable bonds is 5. The second-order valence-electron chi connectivity index (χ2n) is 6.49. The van der Waals surface area contributed by atoms with Gasteiger partial charge in [-0.05, 0) is 28.4 Å². The summed E-state index contributed by atoms with van der Waals surface area (Å²) in [6.45, 7) is 1.60. The van der Waals surface area contributed by atoms with E-state index in [9.17, 15) is 14.8 Å². The predicted octanol–water partition coefficient (Wildman–Crippen LogP) is 4.65. The van der Waals surface area contributed by atoms with E-state index in [0.29, 0.717) is 17.3 Å². The van der Waals surface area contributed by atoms with Crippen LogP contribution < -0.4 is 5.43 Å². The van der Waals surface area contributed by atoms with Crippen LogP contribution in [0, 0.1) is 11.8 Å². The molecular formula is C22H16N4O4. The van der Waals surface area contributed by atoms with Crippen molar-refractivity contribution in [2.24, 2.45) is 5.18 Å². The van der Waals surface area contributed by atoms with Crippen LogP contribution in [0.2, 0.25) is 0 Å². The Balaban J connectivity index is 1.87. The molecule has 4 aromatic rings. The number of hydrogen-bond acceptors (Lipinski definition) is 7. The average Bonchev–Trinajstić information content (AvgIpc) is 3.21. The number of aliphatic hydroxyl groups is 1. The van der Waals surface area contributed by atoms with Crippen LogP contribution in [0.15, 0.2) is 81.4 Å². The highest BCUT2D eigenvalue weighted by atomic mass is 16.5. The van der Waals surface area contributed by atoms with Crippen LogP contribution in [-0.4, -0.2) is 19.8 Å². The number of nitroso groups, excluding NO2 is 1. The topological polar surface area (TPSA) is 111 Å². The first-order chi connectivity index (χ1) is 14.5. The normalized spacial score (nSPS) is 11.4. The summed E-state index contributed by atoms with van der Waals surface area (Å²) in [6, 6.07) is 18.5. The van der Waals surface area contributed by atoms with Crippen LogP contribution >= 0.6 is 0 Å². The molecule has 4 rings (SSSR count). The van der Waals surface area contributed by atoms with Crippen molar-refractivity contribution in [2.45, 2.75) is 6.92 Å². The van der Waals surface area contributed by atoms with Gasteiger partial charge in [0.1, 0.15) is 0 Å². The molecule has 0 fully saturated rings. The zero-order chi connectivity index (χ0) is 21.1. The lowest BCUT2D eigenvalue weighted by atomic mass is 10.1. The lowest BCUT2D eigenvalue weighted by molar-refractivity contribution is 0.387. The first-order valence-electron chi connectivity index (χ1n) is 9.02. The highest BCUT2D eigenvalue weighted by molar-refractivity contribution is 5.73. The van der Waals surface area contributed by atoms with Crippen LogP contribution in [0.4, 0.5) is 5.69 Å². The Morgan fingerprint density at radius 1 is 1.10 bits per heavy atom. The molecule has 148 valence electrons. The van der Waals surface area contributed by atoms with Crippen molar-refractivity contribution in [1.82, 2.24) is 14.7 Å². The summed E-state index contributed by atoms with van der Waals surface area (Å²) in [6.07, 6.45) is 2.66. The molecule has 0 aliphatic rings. The second kappa shape index (κ2) is 7.96. The maximum absolute atomic E-state index is 12.2. The van der Waals surface area contributed by atoms with Crippen LogP contribution in [-0.2, 0) is 0 Å². The minimum absolute atomic E-state index is 0.0119. The third-order valence-corrected chi connectivity index (χ3v) is 4.43. The van der Waals surface area contributed by atoms with E-state index >= 15 is 0 Å². The standard InChI is InChI=1S/C22H16N4O4/c1-14-23-22(25-30-14)21(28)12-18-11-20(27)19(24-29)13-26(18)17-9-5-8-16(10-17)15-6-3-2-4-7-15/h2-13,28H,1H3/b21-12-. The zero-order valence-electron chi connectivity index (χ0n) is 15.9. The zero-order valence-corrected chi connectivity index (χ0v) is 15.9. The number of aliphatic hydroxyl groups excluding tert-OH is 1. The van der Waals surface area contributed by atoms with Gasteiger partial charge >= 0.3 is 0 Å². The molecule has 0 radical (unpaired) electrons. The fraction of sp³-hybridized carbons (Fsp3) is 0.0455.